The van der Waals surface area contributed by atoms with Gasteiger partial charge in [-0.05, 0) is 57.4 Å². The molecule has 176 valence electrons. The molecule has 0 unspecified atom stereocenters. The van der Waals surface area contributed by atoms with E-state index in [2.05, 4.69) is 15.5 Å². The third kappa shape index (κ3) is 5.75. The highest BCUT2D eigenvalue weighted by molar-refractivity contribution is 7.99. The number of aromatic nitrogens is 3. The molecule has 0 saturated heterocycles. The van der Waals surface area contributed by atoms with Crippen molar-refractivity contribution < 1.29 is 19.1 Å². The van der Waals surface area contributed by atoms with E-state index in [1.165, 1.54) is 30.2 Å². The molecule has 33 heavy (non-hydrogen) atoms. The zero-order chi connectivity index (χ0) is 24.1. The summed E-state index contributed by atoms with van der Waals surface area (Å²) in [6.45, 7) is 10.7. The topological polar surface area (TPSA) is 95.3 Å². The number of aryl methyl sites for hydroxylation is 3. The zero-order valence-corrected chi connectivity index (χ0v) is 21.3. The second-order valence-electron chi connectivity index (χ2n) is 7.52. The van der Waals surface area contributed by atoms with Gasteiger partial charge in [0.2, 0.25) is 5.91 Å². The Balaban J connectivity index is 1.65. The Morgan fingerprint density at radius 3 is 2.64 bits per heavy atom. The van der Waals surface area contributed by atoms with Gasteiger partial charge in [0.1, 0.15) is 17.4 Å². The summed E-state index contributed by atoms with van der Waals surface area (Å²) in [5, 5.41) is 12.5. The quantitative estimate of drug-likeness (QED) is 0.345. The minimum Gasteiger partial charge on any atom is -0.485 e. The SMILES string of the molecule is CCn1c(COc2cc(C)ccc2C)nnc1SCC(=O)Nc1sc(C)c(C)c1C(=O)OC. The van der Waals surface area contributed by atoms with Gasteiger partial charge in [-0.1, -0.05) is 23.9 Å². The van der Waals surface area contributed by atoms with E-state index in [1.54, 1.807) is 0 Å². The predicted molar refractivity (Wildman–Crippen MR) is 130 cm³/mol. The molecule has 0 aliphatic carbocycles. The van der Waals surface area contributed by atoms with Gasteiger partial charge < -0.3 is 19.4 Å². The fourth-order valence-electron chi connectivity index (χ4n) is 3.21. The lowest BCUT2D eigenvalue weighted by molar-refractivity contribution is -0.113. The molecule has 8 nitrogen and oxygen atoms in total. The zero-order valence-electron chi connectivity index (χ0n) is 19.6. The number of esters is 1. The van der Waals surface area contributed by atoms with Crippen molar-refractivity contribution in [2.24, 2.45) is 0 Å². The average molecular weight is 489 g/mol. The van der Waals surface area contributed by atoms with Crippen molar-refractivity contribution in [3.05, 3.63) is 51.2 Å². The van der Waals surface area contributed by atoms with Crippen LogP contribution >= 0.6 is 23.1 Å². The number of ether oxygens (including phenoxy) is 2. The Kier molecular flexibility index (Phi) is 8.15. The van der Waals surface area contributed by atoms with Gasteiger partial charge in [-0.2, -0.15) is 0 Å². The van der Waals surface area contributed by atoms with E-state index in [0.717, 1.165) is 27.3 Å². The molecule has 3 aromatic rings. The highest BCUT2D eigenvalue weighted by atomic mass is 32.2. The van der Waals surface area contributed by atoms with Gasteiger partial charge >= 0.3 is 5.97 Å². The molecule has 0 spiro atoms. The maximum Gasteiger partial charge on any atom is 0.341 e. The molecule has 2 heterocycles. The molecule has 0 saturated carbocycles. The Morgan fingerprint density at radius 1 is 1.18 bits per heavy atom. The number of hydrogen-bond donors (Lipinski definition) is 1. The first-order valence-electron chi connectivity index (χ1n) is 10.5. The van der Waals surface area contributed by atoms with Crippen LogP contribution in [0.25, 0.3) is 0 Å². The number of benzene rings is 1. The van der Waals surface area contributed by atoms with Crippen LogP contribution in [-0.4, -0.2) is 39.5 Å². The first kappa shape index (κ1) is 24.8. The molecule has 0 aliphatic rings. The lowest BCUT2D eigenvalue weighted by Crippen LogP contribution is -2.16. The van der Waals surface area contributed by atoms with Crippen molar-refractivity contribution in [3.8, 4) is 5.75 Å². The number of nitrogens with zero attached hydrogens (tertiary/aromatic N) is 3. The van der Waals surface area contributed by atoms with Gasteiger partial charge in [0.25, 0.3) is 0 Å². The van der Waals surface area contributed by atoms with Crippen LogP contribution in [0.2, 0.25) is 0 Å². The molecule has 3 rings (SSSR count). The van der Waals surface area contributed by atoms with Crippen molar-refractivity contribution in [3.63, 3.8) is 0 Å². The molecule has 10 heteroatoms. The van der Waals surface area contributed by atoms with E-state index in [1.807, 2.05) is 57.4 Å². The van der Waals surface area contributed by atoms with Gasteiger partial charge in [-0.15, -0.1) is 21.5 Å². The summed E-state index contributed by atoms with van der Waals surface area (Å²) < 4.78 is 12.8. The predicted octanol–water partition coefficient (Wildman–Crippen LogP) is 4.69. The molecule has 2 aromatic heterocycles. The summed E-state index contributed by atoms with van der Waals surface area (Å²) in [5.41, 5.74) is 3.40. The Bertz CT molecular complexity index is 1170. The lowest BCUT2D eigenvalue weighted by atomic mass is 10.1. The van der Waals surface area contributed by atoms with Gasteiger partial charge in [0.05, 0.1) is 18.4 Å². The monoisotopic (exact) mass is 488 g/mol. The van der Waals surface area contributed by atoms with Crippen LogP contribution in [0.3, 0.4) is 0 Å². The highest BCUT2D eigenvalue weighted by Crippen LogP contribution is 2.33. The summed E-state index contributed by atoms with van der Waals surface area (Å²) >= 11 is 2.65. The molecule has 0 fully saturated rings. The number of amides is 1. The molecule has 0 bridgehead atoms. The fraction of sp³-hybridized carbons (Fsp3) is 0.391. The number of thiophene rings is 1. The minimum atomic E-state index is -0.459. The van der Waals surface area contributed by atoms with Gasteiger partial charge in [0.15, 0.2) is 11.0 Å². The number of rotatable bonds is 9. The summed E-state index contributed by atoms with van der Waals surface area (Å²) in [5.74, 6) is 0.951. The van der Waals surface area contributed by atoms with E-state index >= 15 is 0 Å². The second-order valence-corrected chi connectivity index (χ2v) is 9.68. The van der Waals surface area contributed by atoms with E-state index in [9.17, 15) is 9.59 Å². The first-order valence-corrected chi connectivity index (χ1v) is 12.3. The Labute approximate surface area is 201 Å². The molecule has 1 N–H and O–H groups in total. The van der Waals surface area contributed by atoms with E-state index in [4.69, 9.17) is 9.47 Å². The Hall–Kier alpha value is -2.85. The number of thioether (sulfide) groups is 1. The van der Waals surface area contributed by atoms with Crippen molar-refractivity contribution in [2.75, 3.05) is 18.2 Å². The van der Waals surface area contributed by atoms with Crippen molar-refractivity contribution in [1.29, 1.82) is 0 Å². The van der Waals surface area contributed by atoms with Crippen molar-refractivity contribution >= 4 is 40.0 Å². The van der Waals surface area contributed by atoms with Gasteiger partial charge in [0, 0.05) is 11.4 Å². The molecule has 1 aromatic carbocycles. The molecule has 0 atom stereocenters. The van der Waals surface area contributed by atoms with Crippen molar-refractivity contribution in [1.82, 2.24) is 14.8 Å². The van der Waals surface area contributed by atoms with Crippen LogP contribution in [0.1, 0.15) is 44.7 Å². The molecular weight excluding hydrogens is 460 g/mol. The van der Waals surface area contributed by atoms with Crippen molar-refractivity contribution in [2.45, 2.75) is 52.9 Å². The fourth-order valence-corrected chi connectivity index (χ4v) is 5.10. The number of carbonyl (C=O) groups is 2. The van der Waals surface area contributed by atoms with E-state index < -0.39 is 5.97 Å². The molecular formula is C23H28N4O4S2. The lowest BCUT2D eigenvalue weighted by Gasteiger charge is -2.11. The third-order valence-corrected chi connectivity index (χ3v) is 7.26. The number of nitrogens with one attached hydrogen (secondary N) is 1. The largest absolute Gasteiger partial charge is 0.485 e. The number of methoxy groups -OCH3 is 1. The van der Waals surface area contributed by atoms with Gasteiger partial charge in [-0.25, -0.2) is 4.79 Å². The van der Waals surface area contributed by atoms with Gasteiger partial charge in [-0.3, -0.25) is 4.79 Å². The summed E-state index contributed by atoms with van der Waals surface area (Å²) in [6, 6.07) is 6.07. The van der Waals surface area contributed by atoms with E-state index in [-0.39, 0.29) is 18.3 Å². The van der Waals surface area contributed by atoms with Crippen LogP contribution in [0.15, 0.2) is 23.4 Å². The Morgan fingerprint density at radius 2 is 1.94 bits per heavy atom. The summed E-state index contributed by atoms with van der Waals surface area (Å²) in [7, 11) is 1.33. The van der Waals surface area contributed by atoms with E-state index in [0.29, 0.717) is 28.1 Å². The highest BCUT2D eigenvalue weighted by Gasteiger charge is 2.22. The minimum absolute atomic E-state index is 0.132. The van der Waals surface area contributed by atoms with Crippen LogP contribution in [0.4, 0.5) is 5.00 Å². The average Bonchev–Trinajstić information content (AvgIpc) is 3.31. The maximum atomic E-state index is 12.6. The van der Waals surface area contributed by atoms with Crippen LogP contribution in [-0.2, 0) is 22.7 Å². The maximum absolute atomic E-state index is 12.6. The standard InChI is InChI=1S/C23H28N4O4S2/c1-7-27-18(11-31-17-10-13(2)8-9-14(17)3)25-26-23(27)32-12-19(28)24-21-20(22(29)30-6)15(4)16(5)33-21/h8-10H,7,11-12H2,1-6H3,(H,24,28). The summed E-state index contributed by atoms with van der Waals surface area (Å²) in [6.07, 6.45) is 0. The van der Waals surface area contributed by atoms with Crippen LogP contribution < -0.4 is 10.1 Å². The first-order chi connectivity index (χ1) is 15.7. The normalized spacial score (nSPS) is 10.8. The number of hydrogen-bond acceptors (Lipinski definition) is 8. The second kappa shape index (κ2) is 10.8. The molecule has 0 radical (unpaired) electrons. The number of carbonyl (C=O) groups excluding carboxylic acids is 2. The molecule has 1 amide bonds. The van der Waals surface area contributed by atoms with Crippen LogP contribution in [0, 0.1) is 27.7 Å². The molecule has 0 aliphatic heterocycles. The number of anilines is 1. The van der Waals surface area contributed by atoms with Crippen LogP contribution in [0.5, 0.6) is 5.75 Å². The smallest absolute Gasteiger partial charge is 0.341 e. The summed E-state index contributed by atoms with van der Waals surface area (Å²) in [4.78, 5) is 25.7. The third-order valence-electron chi connectivity index (χ3n) is 5.17.